The molecule has 0 atom stereocenters. The Bertz CT molecular complexity index is 847. The minimum Gasteiger partial charge on any atom is -0.490 e. The molecule has 0 aliphatic heterocycles. The van der Waals surface area contributed by atoms with Crippen LogP contribution >= 0.6 is 0 Å². The van der Waals surface area contributed by atoms with Gasteiger partial charge in [-0.05, 0) is 63.1 Å². The number of nitrogens with zero attached hydrogens (tertiary/aromatic N) is 1. The van der Waals surface area contributed by atoms with Gasteiger partial charge in [0.2, 0.25) is 0 Å². The molecule has 0 saturated carbocycles. The van der Waals surface area contributed by atoms with Crippen molar-refractivity contribution in [3.05, 3.63) is 65.7 Å². The summed E-state index contributed by atoms with van der Waals surface area (Å²) in [6.45, 7) is 9.79. The third kappa shape index (κ3) is 4.77. The lowest BCUT2D eigenvalue weighted by Gasteiger charge is -2.16. The lowest BCUT2D eigenvalue weighted by molar-refractivity contribution is 0.00121. The third-order valence-corrected chi connectivity index (χ3v) is 4.06. The van der Waals surface area contributed by atoms with Crippen molar-refractivity contribution in [2.45, 2.75) is 33.3 Å². The third-order valence-electron chi connectivity index (χ3n) is 4.06. The predicted octanol–water partition coefficient (Wildman–Crippen LogP) is 5.21. The molecule has 1 aliphatic carbocycles. The Morgan fingerprint density at radius 2 is 1.59 bits per heavy atom. The number of fused-ring (bicyclic) bond motifs is 3. The normalized spacial score (nSPS) is 14.4. The van der Waals surface area contributed by atoms with Crippen molar-refractivity contribution in [2.24, 2.45) is 5.16 Å². The largest absolute Gasteiger partial charge is 0.490 e. The topological polar surface area (TPSA) is 40.0 Å². The fourth-order valence-corrected chi connectivity index (χ4v) is 2.86. The average Bonchev–Trinajstić information content (AvgIpc) is 2.95. The molecule has 2 aromatic carbocycles. The minimum atomic E-state index is -0.343. The molecule has 0 amide bonds. The molecule has 0 saturated heterocycles. The van der Waals surface area contributed by atoms with E-state index in [1.165, 1.54) is 5.56 Å². The first-order chi connectivity index (χ1) is 13.0. The number of ether oxygens (including phenoxy) is 2. The molecule has 3 rings (SSSR count). The van der Waals surface area contributed by atoms with Crippen LogP contribution in [0.2, 0.25) is 0 Å². The maximum Gasteiger partial charge on any atom is 0.129 e. The van der Waals surface area contributed by atoms with Gasteiger partial charge in [0.05, 0.1) is 6.61 Å². The molecule has 0 fully saturated rings. The molecule has 1 aliphatic rings. The molecule has 27 heavy (non-hydrogen) atoms. The molecular weight excluding hydrogens is 338 g/mol. The second-order valence-corrected chi connectivity index (χ2v) is 7.34. The van der Waals surface area contributed by atoms with Crippen LogP contribution in [0.3, 0.4) is 0 Å². The Labute approximate surface area is 161 Å². The van der Waals surface area contributed by atoms with Crippen molar-refractivity contribution in [1.29, 1.82) is 0 Å². The van der Waals surface area contributed by atoms with E-state index in [-0.39, 0.29) is 5.60 Å². The van der Waals surface area contributed by atoms with Gasteiger partial charge in [0.1, 0.15) is 23.7 Å². The van der Waals surface area contributed by atoms with Gasteiger partial charge in [-0.2, -0.15) is 0 Å². The van der Waals surface area contributed by atoms with Gasteiger partial charge in [-0.15, -0.1) is 0 Å². The molecule has 0 unspecified atom stereocenters. The molecule has 4 heteroatoms. The highest BCUT2D eigenvalue weighted by atomic mass is 16.6. The standard InChI is InChI=1S/C23H27NO3/c1-5-25-14-8-9-15-26-17-12-13-19-18-10-6-7-11-20(18)22(21(19)16-17)24-27-23(2,3)4/h6-13,16H,5,14-15H2,1-4H3/b9-8+,24-22-. The van der Waals surface area contributed by atoms with E-state index in [1.807, 2.05) is 64.1 Å². The summed E-state index contributed by atoms with van der Waals surface area (Å²) in [5, 5.41) is 4.48. The van der Waals surface area contributed by atoms with Gasteiger partial charge in [0.15, 0.2) is 0 Å². The summed E-state index contributed by atoms with van der Waals surface area (Å²) in [5.41, 5.74) is 4.96. The first-order valence-electron chi connectivity index (χ1n) is 9.35. The summed E-state index contributed by atoms with van der Waals surface area (Å²) in [5.74, 6) is 0.811. The van der Waals surface area contributed by atoms with E-state index in [0.717, 1.165) is 34.8 Å². The fraction of sp³-hybridized carbons (Fsp3) is 0.348. The van der Waals surface area contributed by atoms with Crippen molar-refractivity contribution in [2.75, 3.05) is 19.8 Å². The highest BCUT2D eigenvalue weighted by Crippen LogP contribution is 2.39. The first-order valence-corrected chi connectivity index (χ1v) is 9.35. The van der Waals surface area contributed by atoms with E-state index in [9.17, 15) is 0 Å². The highest BCUT2D eigenvalue weighted by molar-refractivity contribution is 6.24. The smallest absolute Gasteiger partial charge is 0.129 e. The zero-order valence-electron chi connectivity index (χ0n) is 16.5. The molecule has 4 nitrogen and oxygen atoms in total. The van der Waals surface area contributed by atoms with Gasteiger partial charge in [-0.1, -0.05) is 35.5 Å². The molecule has 0 heterocycles. The van der Waals surface area contributed by atoms with Crippen LogP contribution in [0, 0.1) is 0 Å². The van der Waals surface area contributed by atoms with Gasteiger partial charge in [0.25, 0.3) is 0 Å². The summed E-state index contributed by atoms with van der Waals surface area (Å²) in [4.78, 5) is 5.72. The number of oxime groups is 1. The van der Waals surface area contributed by atoms with Crippen molar-refractivity contribution < 1.29 is 14.3 Å². The minimum absolute atomic E-state index is 0.343. The number of hydrogen-bond donors (Lipinski definition) is 0. The molecule has 142 valence electrons. The fourth-order valence-electron chi connectivity index (χ4n) is 2.86. The maximum atomic E-state index is 5.87. The van der Waals surface area contributed by atoms with Crippen LogP contribution in [0.25, 0.3) is 11.1 Å². The lowest BCUT2D eigenvalue weighted by atomic mass is 10.1. The van der Waals surface area contributed by atoms with Crippen molar-refractivity contribution >= 4 is 5.71 Å². The van der Waals surface area contributed by atoms with Gasteiger partial charge in [-0.3, -0.25) is 0 Å². The molecular formula is C23H27NO3. The van der Waals surface area contributed by atoms with E-state index in [0.29, 0.717) is 13.2 Å². The van der Waals surface area contributed by atoms with Gasteiger partial charge >= 0.3 is 0 Å². The molecule has 0 N–H and O–H groups in total. The highest BCUT2D eigenvalue weighted by Gasteiger charge is 2.26. The lowest BCUT2D eigenvalue weighted by Crippen LogP contribution is -2.17. The van der Waals surface area contributed by atoms with Crippen LogP contribution < -0.4 is 4.74 Å². The van der Waals surface area contributed by atoms with Crippen LogP contribution in [0.5, 0.6) is 5.75 Å². The first kappa shape index (κ1) is 19.2. The maximum absolute atomic E-state index is 5.87. The van der Waals surface area contributed by atoms with Crippen molar-refractivity contribution in [3.63, 3.8) is 0 Å². The number of benzene rings is 2. The van der Waals surface area contributed by atoms with Gasteiger partial charge in [-0.25, -0.2) is 0 Å². The van der Waals surface area contributed by atoms with E-state index >= 15 is 0 Å². The number of rotatable bonds is 7. The summed E-state index contributed by atoms with van der Waals surface area (Å²) < 4.78 is 11.1. The quantitative estimate of drug-likeness (QED) is 0.328. The Kier molecular flexibility index (Phi) is 5.97. The van der Waals surface area contributed by atoms with E-state index < -0.39 is 0 Å². The Hall–Kier alpha value is -2.59. The SMILES string of the molecule is CCOC/C=C/COc1ccc2c(c1)/C(=N\OC(C)(C)C)c1ccccc1-2. The molecule has 0 bridgehead atoms. The summed E-state index contributed by atoms with van der Waals surface area (Å²) >= 11 is 0. The zero-order chi connectivity index (χ0) is 19.3. The van der Waals surface area contributed by atoms with E-state index in [2.05, 4.69) is 23.4 Å². The van der Waals surface area contributed by atoms with Crippen LogP contribution in [0.15, 0.2) is 59.8 Å². The Balaban J connectivity index is 1.83. The van der Waals surface area contributed by atoms with Crippen LogP contribution in [0.4, 0.5) is 0 Å². The summed E-state index contributed by atoms with van der Waals surface area (Å²) in [6.07, 6.45) is 3.94. The second kappa shape index (κ2) is 8.40. The Morgan fingerprint density at radius 1 is 0.889 bits per heavy atom. The van der Waals surface area contributed by atoms with Crippen LogP contribution in [-0.4, -0.2) is 31.1 Å². The molecule has 0 spiro atoms. The van der Waals surface area contributed by atoms with Crippen molar-refractivity contribution in [1.82, 2.24) is 0 Å². The summed E-state index contributed by atoms with van der Waals surface area (Å²) in [7, 11) is 0. The summed E-state index contributed by atoms with van der Waals surface area (Å²) in [6, 6.07) is 14.4. The van der Waals surface area contributed by atoms with Gasteiger partial charge in [0, 0.05) is 17.7 Å². The van der Waals surface area contributed by atoms with Crippen LogP contribution in [-0.2, 0) is 9.57 Å². The Morgan fingerprint density at radius 3 is 2.33 bits per heavy atom. The van der Waals surface area contributed by atoms with Gasteiger partial charge < -0.3 is 14.3 Å². The number of hydrogen-bond acceptors (Lipinski definition) is 4. The zero-order valence-corrected chi connectivity index (χ0v) is 16.5. The molecule has 0 aromatic heterocycles. The van der Waals surface area contributed by atoms with Crippen LogP contribution in [0.1, 0.15) is 38.8 Å². The second-order valence-electron chi connectivity index (χ2n) is 7.34. The predicted molar refractivity (Wildman–Crippen MR) is 109 cm³/mol. The molecule has 2 aromatic rings. The van der Waals surface area contributed by atoms with Crippen molar-refractivity contribution in [3.8, 4) is 16.9 Å². The monoisotopic (exact) mass is 365 g/mol. The van der Waals surface area contributed by atoms with E-state index in [1.54, 1.807) is 0 Å². The molecule has 0 radical (unpaired) electrons. The van der Waals surface area contributed by atoms with E-state index in [4.69, 9.17) is 14.3 Å². The average molecular weight is 365 g/mol.